The Kier molecular flexibility index (Phi) is 7.08. The number of ether oxygens (including phenoxy) is 1. The third-order valence-electron chi connectivity index (χ3n) is 5.88. The number of amides is 2. The molecular formula is C24H25FN4O6. The maximum Gasteiger partial charge on any atom is 0.267 e. The summed E-state index contributed by atoms with van der Waals surface area (Å²) in [6, 6.07) is 5.66. The fraction of sp³-hybridized carbons (Fsp3) is 0.333. The van der Waals surface area contributed by atoms with E-state index in [1.165, 1.54) is 36.0 Å². The molecule has 35 heavy (non-hydrogen) atoms. The number of aryl methyl sites for hydroxylation is 1. The Balaban J connectivity index is 1.71. The van der Waals surface area contributed by atoms with Crippen molar-refractivity contribution in [3.05, 3.63) is 68.9 Å². The predicted octanol–water partition coefficient (Wildman–Crippen LogP) is 0.564. The minimum Gasteiger partial charge on any atom is -0.505 e. The SMILES string of the molecule is Cn1c(=O)c(C(=O)NCCO)c(O)c2ncc(Cc3ccc(F)cc3C(=O)N3CCOCC3)cc21. The number of nitrogens with one attached hydrogen (secondary N) is 1. The average molecular weight is 484 g/mol. The van der Waals surface area contributed by atoms with E-state index < -0.39 is 28.6 Å². The summed E-state index contributed by atoms with van der Waals surface area (Å²) in [5, 5.41) is 21.8. The lowest BCUT2D eigenvalue weighted by Crippen LogP contribution is -2.41. The molecule has 1 aliphatic heterocycles. The van der Waals surface area contributed by atoms with Crippen LogP contribution in [0.1, 0.15) is 31.8 Å². The van der Waals surface area contributed by atoms with Crippen LogP contribution in [-0.4, -0.2) is 75.9 Å². The molecule has 0 spiro atoms. The third-order valence-corrected chi connectivity index (χ3v) is 5.88. The Labute approximate surface area is 199 Å². The average Bonchev–Trinajstić information content (AvgIpc) is 2.87. The van der Waals surface area contributed by atoms with Crippen LogP contribution in [0.2, 0.25) is 0 Å². The van der Waals surface area contributed by atoms with Crippen molar-refractivity contribution in [3.8, 4) is 5.75 Å². The molecule has 2 amide bonds. The van der Waals surface area contributed by atoms with Crippen molar-refractivity contribution in [2.24, 2.45) is 7.05 Å². The highest BCUT2D eigenvalue weighted by Crippen LogP contribution is 2.26. The van der Waals surface area contributed by atoms with Crippen molar-refractivity contribution >= 4 is 22.8 Å². The molecule has 4 rings (SSSR count). The molecule has 0 radical (unpaired) electrons. The zero-order chi connectivity index (χ0) is 25.1. The number of morpholine rings is 1. The number of aliphatic hydroxyl groups is 1. The van der Waals surface area contributed by atoms with Gasteiger partial charge in [-0.05, 0) is 35.7 Å². The molecule has 1 aliphatic rings. The van der Waals surface area contributed by atoms with Gasteiger partial charge in [0.1, 0.15) is 16.9 Å². The number of carbonyl (C=O) groups is 2. The molecule has 1 aromatic carbocycles. The molecule has 1 saturated heterocycles. The van der Waals surface area contributed by atoms with E-state index in [2.05, 4.69) is 10.3 Å². The van der Waals surface area contributed by atoms with Crippen molar-refractivity contribution < 1.29 is 28.9 Å². The summed E-state index contributed by atoms with van der Waals surface area (Å²) in [5.41, 5.74) is 0.575. The molecule has 0 atom stereocenters. The summed E-state index contributed by atoms with van der Waals surface area (Å²) in [7, 11) is 1.45. The molecule has 10 nitrogen and oxygen atoms in total. The number of nitrogens with zero attached hydrogens (tertiary/aromatic N) is 3. The molecule has 3 heterocycles. The van der Waals surface area contributed by atoms with Gasteiger partial charge in [-0.25, -0.2) is 4.39 Å². The third kappa shape index (κ3) is 4.86. The quantitative estimate of drug-likeness (QED) is 0.466. The summed E-state index contributed by atoms with van der Waals surface area (Å²) in [4.78, 5) is 44.0. The first kappa shape index (κ1) is 24.3. The van der Waals surface area contributed by atoms with E-state index in [9.17, 15) is 23.9 Å². The summed E-state index contributed by atoms with van der Waals surface area (Å²) >= 11 is 0. The van der Waals surface area contributed by atoms with E-state index >= 15 is 0 Å². The molecule has 0 aliphatic carbocycles. The van der Waals surface area contributed by atoms with Crippen LogP contribution in [0.4, 0.5) is 4.39 Å². The standard InChI is InChI=1S/C24H25FN4O6/c1-28-18-11-14(13-27-20(18)21(31)19(24(28)34)22(32)26-4-7-30)10-15-2-3-16(25)12-17(15)23(33)29-5-8-35-9-6-29/h2-3,11-13,30-31H,4-10H2,1H3,(H,26,32). The first-order valence-electron chi connectivity index (χ1n) is 11.1. The molecule has 0 saturated carbocycles. The number of aliphatic hydroxyl groups excluding tert-OH is 1. The summed E-state index contributed by atoms with van der Waals surface area (Å²) in [6.07, 6.45) is 1.69. The highest BCUT2D eigenvalue weighted by molar-refractivity contribution is 6.01. The van der Waals surface area contributed by atoms with Crippen LogP contribution < -0.4 is 10.9 Å². The first-order valence-corrected chi connectivity index (χ1v) is 11.1. The van der Waals surface area contributed by atoms with Crippen molar-refractivity contribution in [1.82, 2.24) is 19.8 Å². The zero-order valence-electron chi connectivity index (χ0n) is 19.1. The van der Waals surface area contributed by atoms with Crippen molar-refractivity contribution in [2.45, 2.75) is 6.42 Å². The number of rotatable bonds is 6. The highest BCUT2D eigenvalue weighted by atomic mass is 19.1. The van der Waals surface area contributed by atoms with Gasteiger partial charge in [-0.2, -0.15) is 0 Å². The van der Waals surface area contributed by atoms with Crippen LogP contribution >= 0.6 is 0 Å². The maximum atomic E-state index is 14.0. The minimum absolute atomic E-state index is 0.0497. The van der Waals surface area contributed by atoms with Crippen LogP contribution in [0.15, 0.2) is 35.3 Å². The van der Waals surface area contributed by atoms with Gasteiger partial charge in [-0.15, -0.1) is 0 Å². The molecule has 3 N–H and O–H groups in total. The zero-order valence-corrected chi connectivity index (χ0v) is 19.1. The lowest BCUT2D eigenvalue weighted by atomic mass is 9.99. The number of aromatic hydroxyl groups is 1. The second-order valence-corrected chi connectivity index (χ2v) is 8.16. The van der Waals surface area contributed by atoms with Gasteiger partial charge in [-0.3, -0.25) is 19.4 Å². The van der Waals surface area contributed by atoms with Gasteiger partial charge in [0.05, 0.1) is 25.3 Å². The lowest BCUT2D eigenvalue weighted by Gasteiger charge is -2.27. The minimum atomic E-state index is -0.817. The van der Waals surface area contributed by atoms with Gasteiger partial charge in [0, 0.05) is 38.4 Å². The maximum absolute atomic E-state index is 14.0. The van der Waals surface area contributed by atoms with Crippen LogP contribution in [0, 0.1) is 5.82 Å². The second-order valence-electron chi connectivity index (χ2n) is 8.16. The van der Waals surface area contributed by atoms with Crippen LogP contribution in [-0.2, 0) is 18.2 Å². The molecular weight excluding hydrogens is 459 g/mol. The normalized spacial score (nSPS) is 13.7. The van der Waals surface area contributed by atoms with Crippen LogP contribution in [0.5, 0.6) is 5.75 Å². The first-order chi connectivity index (χ1) is 16.8. The van der Waals surface area contributed by atoms with E-state index in [1.807, 2.05) is 0 Å². The van der Waals surface area contributed by atoms with Gasteiger partial charge >= 0.3 is 0 Å². The number of halogens is 1. The molecule has 0 unspecified atom stereocenters. The van der Waals surface area contributed by atoms with E-state index in [0.29, 0.717) is 37.4 Å². The number of fused-ring (bicyclic) bond motifs is 1. The van der Waals surface area contributed by atoms with Gasteiger partial charge in [-0.1, -0.05) is 6.07 Å². The smallest absolute Gasteiger partial charge is 0.267 e. The van der Waals surface area contributed by atoms with Crippen molar-refractivity contribution in [3.63, 3.8) is 0 Å². The number of pyridine rings is 2. The molecule has 2 aromatic heterocycles. The molecule has 11 heteroatoms. The monoisotopic (exact) mass is 484 g/mol. The molecule has 1 fully saturated rings. The fourth-order valence-corrected chi connectivity index (χ4v) is 4.05. The Hall–Kier alpha value is -3.83. The predicted molar refractivity (Wildman–Crippen MR) is 124 cm³/mol. The highest BCUT2D eigenvalue weighted by Gasteiger charge is 2.24. The topological polar surface area (TPSA) is 134 Å². The Morgan fingerprint density at radius 3 is 2.69 bits per heavy atom. The Morgan fingerprint density at radius 2 is 1.97 bits per heavy atom. The number of hydrogen-bond donors (Lipinski definition) is 3. The van der Waals surface area contributed by atoms with E-state index in [1.54, 1.807) is 11.0 Å². The number of hydrogen-bond acceptors (Lipinski definition) is 7. The van der Waals surface area contributed by atoms with E-state index in [-0.39, 0.29) is 42.1 Å². The number of aromatic nitrogens is 2. The van der Waals surface area contributed by atoms with Crippen LogP contribution in [0.3, 0.4) is 0 Å². The van der Waals surface area contributed by atoms with Gasteiger partial charge in [0.25, 0.3) is 17.4 Å². The fourth-order valence-electron chi connectivity index (χ4n) is 4.05. The summed E-state index contributed by atoms with van der Waals surface area (Å²) < 4.78 is 20.5. The second kappa shape index (κ2) is 10.2. The largest absolute Gasteiger partial charge is 0.505 e. The van der Waals surface area contributed by atoms with Crippen molar-refractivity contribution in [1.29, 1.82) is 0 Å². The van der Waals surface area contributed by atoms with Crippen molar-refractivity contribution in [2.75, 3.05) is 39.5 Å². The van der Waals surface area contributed by atoms with Gasteiger partial charge in [0.15, 0.2) is 5.75 Å². The Morgan fingerprint density at radius 1 is 1.23 bits per heavy atom. The molecule has 184 valence electrons. The van der Waals surface area contributed by atoms with E-state index in [0.717, 1.165) is 0 Å². The Bertz CT molecular complexity index is 1350. The molecule has 0 bridgehead atoms. The number of benzene rings is 1. The van der Waals surface area contributed by atoms with Gasteiger partial charge < -0.3 is 29.7 Å². The van der Waals surface area contributed by atoms with Gasteiger partial charge in [0.2, 0.25) is 0 Å². The van der Waals surface area contributed by atoms with Crippen LogP contribution in [0.25, 0.3) is 11.0 Å². The summed E-state index contributed by atoms with van der Waals surface area (Å²) in [6.45, 7) is 1.28. The van der Waals surface area contributed by atoms with E-state index in [4.69, 9.17) is 9.84 Å². The number of carbonyl (C=O) groups excluding carboxylic acids is 2. The lowest BCUT2D eigenvalue weighted by molar-refractivity contribution is 0.0302. The molecule has 3 aromatic rings. The summed E-state index contributed by atoms with van der Waals surface area (Å²) in [5.74, 6) is -2.20.